The summed E-state index contributed by atoms with van der Waals surface area (Å²) in [5.74, 6) is 6.29. The van der Waals surface area contributed by atoms with Crippen molar-refractivity contribution in [3.8, 4) is 11.8 Å². The van der Waals surface area contributed by atoms with Crippen molar-refractivity contribution >= 4 is 0 Å². The Kier molecular flexibility index (Phi) is 3.94. The molecule has 1 aliphatic carbocycles. The van der Waals surface area contributed by atoms with E-state index in [0.29, 0.717) is 0 Å². The first-order chi connectivity index (χ1) is 6.99. The molecule has 1 nitrogen and oxygen atoms in total. The van der Waals surface area contributed by atoms with Crippen LogP contribution in [0.15, 0.2) is 36.0 Å². The van der Waals surface area contributed by atoms with Crippen molar-refractivity contribution in [3.63, 3.8) is 0 Å². The van der Waals surface area contributed by atoms with Gasteiger partial charge in [0.05, 0.1) is 6.54 Å². The molecule has 80 valence electrons. The Morgan fingerprint density at radius 3 is 2.67 bits per heavy atom. The number of rotatable bonds is 1. The van der Waals surface area contributed by atoms with Crippen LogP contribution in [-0.4, -0.2) is 25.5 Å². The second kappa shape index (κ2) is 5.00. The Balaban J connectivity index is 2.69. The lowest BCUT2D eigenvalue weighted by Crippen LogP contribution is -2.10. The van der Waals surface area contributed by atoms with Crippen molar-refractivity contribution in [2.24, 2.45) is 5.41 Å². The molecule has 0 bridgehead atoms. The maximum Gasteiger partial charge on any atom is 0.0600 e. The molecule has 0 N–H and O–H groups in total. The number of allylic oxidation sites excluding steroid dienone is 6. The van der Waals surface area contributed by atoms with Crippen molar-refractivity contribution in [1.82, 2.24) is 4.90 Å². The van der Waals surface area contributed by atoms with Crippen molar-refractivity contribution in [1.29, 1.82) is 0 Å². The monoisotopic (exact) mass is 201 g/mol. The topological polar surface area (TPSA) is 3.24 Å². The standard InChI is InChI=1S/C14H19N/c1-14(2)10-5-7-13(9-11-14)8-6-12-15(3)4/h5,7,9-11H,12H2,1-4H3. The van der Waals surface area contributed by atoms with E-state index in [1.807, 2.05) is 14.1 Å². The van der Waals surface area contributed by atoms with Gasteiger partial charge in [-0.15, -0.1) is 0 Å². The van der Waals surface area contributed by atoms with Crippen LogP contribution in [0, 0.1) is 17.3 Å². The molecule has 0 aliphatic heterocycles. The summed E-state index contributed by atoms with van der Waals surface area (Å²) in [5, 5.41) is 0. The Hall–Kier alpha value is -1.26. The number of hydrogen-bond acceptors (Lipinski definition) is 1. The molecule has 0 heterocycles. The van der Waals surface area contributed by atoms with Crippen LogP contribution in [0.3, 0.4) is 0 Å². The Morgan fingerprint density at radius 2 is 2.00 bits per heavy atom. The third-order valence-electron chi connectivity index (χ3n) is 2.12. The molecule has 0 spiro atoms. The van der Waals surface area contributed by atoms with Crippen LogP contribution in [0.25, 0.3) is 0 Å². The highest BCUT2D eigenvalue weighted by Gasteiger charge is 2.09. The number of nitrogens with zero attached hydrogens (tertiary/aromatic N) is 1. The van der Waals surface area contributed by atoms with E-state index in [-0.39, 0.29) is 5.41 Å². The molecule has 1 rings (SSSR count). The van der Waals surface area contributed by atoms with Gasteiger partial charge in [-0.2, -0.15) is 0 Å². The lowest BCUT2D eigenvalue weighted by atomic mass is 9.93. The largest absolute Gasteiger partial charge is 0.299 e. The third-order valence-corrected chi connectivity index (χ3v) is 2.12. The minimum Gasteiger partial charge on any atom is -0.299 e. The molecule has 0 radical (unpaired) electrons. The molecular weight excluding hydrogens is 182 g/mol. The van der Waals surface area contributed by atoms with Gasteiger partial charge in [-0.25, -0.2) is 0 Å². The minimum atomic E-state index is 0.140. The first-order valence-corrected chi connectivity index (χ1v) is 5.22. The molecule has 0 saturated heterocycles. The van der Waals surface area contributed by atoms with Crippen LogP contribution < -0.4 is 0 Å². The van der Waals surface area contributed by atoms with Gasteiger partial charge in [0.15, 0.2) is 0 Å². The highest BCUT2D eigenvalue weighted by Crippen LogP contribution is 2.22. The zero-order chi connectivity index (χ0) is 11.3. The predicted octanol–water partition coefficient (Wildman–Crippen LogP) is 2.63. The minimum absolute atomic E-state index is 0.140. The van der Waals surface area contributed by atoms with Gasteiger partial charge in [0.2, 0.25) is 0 Å². The first-order valence-electron chi connectivity index (χ1n) is 5.22. The molecule has 0 aromatic rings. The van der Waals surface area contributed by atoms with Crippen molar-refractivity contribution in [2.75, 3.05) is 20.6 Å². The van der Waals surface area contributed by atoms with Crippen molar-refractivity contribution < 1.29 is 0 Å². The summed E-state index contributed by atoms with van der Waals surface area (Å²) in [6.07, 6.45) is 10.6. The quantitative estimate of drug-likeness (QED) is 0.589. The van der Waals surface area contributed by atoms with E-state index < -0.39 is 0 Å². The van der Waals surface area contributed by atoms with E-state index in [1.54, 1.807) is 0 Å². The average molecular weight is 201 g/mol. The third kappa shape index (κ3) is 4.67. The highest BCUT2D eigenvalue weighted by molar-refractivity contribution is 5.43. The summed E-state index contributed by atoms with van der Waals surface area (Å²) in [6, 6.07) is 0. The van der Waals surface area contributed by atoms with Gasteiger partial charge in [0.1, 0.15) is 0 Å². The van der Waals surface area contributed by atoms with E-state index >= 15 is 0 Å². The molecular formula is C14H19N. The zero-order valence-corrected chi connectivity index (χ0v) is 10.0. The predicted molar refractivity (Wildman–Crippen MR) is 66.5 cm³/mol. The Morgan fingerprint density at radius 1 is 1.27 bits per heavy atom. The molecule has 1 heteroatoms. The summed E-state index contributed by atoms with van der Waals surface area (Å²) in [4.78, 5) is 2.06. The summed E-state index contributed by atoms with van der Waals surface area (Å²) in [7, 11) is 4.05. The maximum atomic E-state index is 3.16. The fourth-order valence-electron chi connectivity index (χ4n) is 1.20. The fraction of sp³-hybridized carbons (Fsp3) is 0.429. The molecule has 0 aromatic heterocycles. The lowest BCUT2D eigenvalue weighted by Gasteiger charge is -2.12. The molecule has 15 heavy (non-hydrogen) atoms. The molecule has 0 fully saturated rings. The second-order valence-corrected chi connectivity index (χ2v) is 4.68. The van der Waals surface area contributed by atoms with E-state index in [9.17, 15) is 0 Å². The van der Waals surface area contributed by atoms with Crippen LogP contribution in [-0.2, 0) is 0 Å². The van der Waals surface area contributed by atoms with Crippen LogP contribution in [0.4, 0.5) is 0 Å². The Bertz CT molecular complexity index is 357. The lowest BCUT2D eigenvalue weighted by molar-refractivity contribution is 0.464. The summed E-state index contributed by atoms with van der Waals surface area (Å²) in [5.41, 5.74) is 1.22. The van der Waals surface area contributed by atoms with Crippen LogP contribution in [0.2, 0.25) is 0 Å². The average Bonchev–Trinajstić information content (AvgIpc) is 2.27. The number of hydrogen-bond donors (Lipinski definition) is 0. The van der Waals surface area contributed by atoms with Crippen LogP contribution in [0.1, 0.15) is 13.8 Å². The van der Waals surface area contributed by atoms with Crippen LogP contribution in [0.5, 0.6) is 0 Å². The van der Waals surface area contributed by atoms with E-state index in [0.717, 1.165) is 12.1 Å². The van der Waals surface area contributed by atoms with Gasteiger partial charge in [-0.3, -0.25) is 4.90 Å². The first kappa shape index (κ1) is 11.8. The smallest absolute Gasteiger partial charge is 0.0600 e. The van der Waals surface area contributed by atoms with Crippen LogP contribution >= 0.6 is 0 Å². The zero-order valence-electron chi connectivity index (χ0n) is 10.0. The van der Waals surface area contributed by atoms with Gasteiger partial charge in [-0.05, 0) is 26.2 Å². The molecule has 1 aliphatic rings. The van der Waals surface area contributed by atoms with E-state index in [4.69, 9.17) is 0 Å². The Labute approximate surface area is 93.2 Å². The van der Waals surface area contributed by atoms with Gasteiger partial charge >= 0.3 is 0 Å². The van der Waals surface area contributed by atoms with E-state index in [2.05, 4.69) is 61.0 Å². The summed E-state index contributed by atoms with van der Waals surface area (Å²) in [6.45, 7) is 5.17. The maximum absolute atomic E-state index is 3.16. The van der Waals surface area contributed by atoms with Gasteiger partial charge in [0.25, 0.3) is 0 Å². The molecule has 0 unspecified atom stereocenters. The molecule has 0 saturated carbocycles. The van der Waals surface area contributed by atoms with E-state index in [1.165, 1.54) is 0 Å². The molecule has 0 aromatic carbocycles. The SMILES string of the molecule is CN(C)CC#CC1=CC=CC(C)(C)C=C1. The van der Waals surface area contributed by atoms with Crippen molar-refractivity contribution in [3.05, 3.63) is 36.0 Å². The van der Waals surface area contributed by atoms with Gasteiger partial charge < -0.3 is 0 Å². The van der Waals surface area contributed by atoms with Gasteiger partial charge in [0, 0.05) is 11.0 Å². The fourth-order valence-corrected chi connectivity index (χ4v) is 1.20. The van der Waals surface area contributed by atoms with Gasteiger partial charge in [-0.1, -0.05) is 43.9 Å². The highest BCUT2D eigenvalue weighted by atomic mass is 15.0. The summed E-state index contributed by atoms with van der Waals surface area (Å²) < 4.78 is 0. The second-order valence-electron chi connectivity index (χ2n) is 4.68. The normalized spacial score (nSPS) is 18.1. The molecule has 0 atom stereocenters. The molecule has 0 amide bonds. The van der Waals surface area contributed by atoms with Crippen molar-refractivity contribution in [2.45, 2.75) is 13.8 Å². The summed E-state index contributed by atoms with van der Waals surface area (Å²) >= 11 is 0.